The van der Waals surface area contributed by atoms with Crippen LogP contribution in [0, 0.1) is 10.1 Å². The van der Waals surface area contributed by atoms with Gasteiger partial charge in [0.2, 0.25) is 0 Å². The summed E-state index contributed by atoms with van der Waals surface area (Å²) in [6, 6.07) is 7.34. The highest BCUT2D eigenvalue weighted by atomic mass is 16.6. The predicted octanol–water partition coefficient (Wildman–Crippen LogP) is 3.15. The Bertz CT molecular complexity index is 905. The lowest BCUT2D eigenvalue weighted by Gasteiger charge is -2.13. The highest BCUT2D eigenvalue weighted by Crippen LogP contribution is 2.27. The number of amides is 1. The number of nitrogens with zero attached hydrogens (tertiary/aromatic N) is 1. The number of nitro benzene ring substituents is 1. The second kappa shape index (κ2) is 8.09. The smallest absolute Gasteiger partial charge is 0.335 e. The molecule has 0 aromatic heterocycles. The van der Waals surface area contributed by atoms with E-state index < -0.39 is 28.1 Å². The Hall–Kier alpha value is -3.75. The highest BCUT2D eigenvalue weighted by Gasteiger charge is 2.19. The quantitative estimate of drug-likeness (QED) is 0.433. The molecular weight excluding hydrogens is 356 g/mol. The Morgan fingerprint density at radius 2 is 1.78 bits per heavy atom. The van der Waals surface area contributed by atoms with Crippen molar-refractivity contribution in [3.63, 3.8) is 0 Å². The third kappa shape index (κ3) is 4.66. The molecule has 0 aliphatic carbocycles. The van der Waals surface area contributed by atoms with Gasteiger partial charge in [0, 0.05) is 23.3 Å². The number of rotatable bonds is 7. The minimum Gasteiger partial charge on any atom is -0.492 e. The van der Waals surface area contributed by atoms with Gasteiger partial charge in [0.15, 0.2) is 5.78 Å². The van der Waals surface area contributed by atoms with Crippen molar-refractivity contribution < 1.29 is 29.2 Å². The molecule has 2 rings (SSSR count). The molecule has 2 aromatic rings. The first-order valence-electron chi connectivity index (χ1n) is 7.84. The van der Waals surface area contributed by atoms with Crippen LogP contribution in [0.15, 0.2) is 36.4 Å². The summed E-state index contributed by atoms with van der Waals surface area (Å²) >= 11 is 0. The second-order valence-electron chi connectivity index (χ2n) is 5.49. The average molecular weight is 372 g/mol. The number of nitrogens with one attached hydrogen (secondary N) is 1. The normalized spacial score (nSPS) is 10.1. The van der Waals surface area contributed by atoms with Crippen LogP contribution in [0.2, 0.25) is 0 Å². The topological polar surface area (TPSA) is 136 Å². The van der Waals surface area contributed by atoms with Gasteiger partial charge in [-0.2, -0.15) is 0 Å². The van der Waals surface area contributed by atoms with Crippen molar-refractivity contribution in [1.29, 1.82) is 0 Å². The number of anilines is 1. The Morgan fingerprint density at radius 1 is 1.11 bits per heavy atom. The molecule has 0 aliphatic rings. The number of ether oxygens (including phenoxy) is 1. The molecule has 1 amide bonds. The van der Waals surface area contributed by atoms with Gasteiger partial charge in [0.05, 0.1) is 22.8 Å². The van der Waals surface area contributed by atoms with Crippen LogP contribution in [-0.4, -0.2) is 34.3 Å². The van der Waals surface area contributed by atoms with Crippen molar-refractivity contribution in [3.8, 4) is 5.75 Å². The fourth-order valence-corrected chi connectivity index (χ4v) is 2.29. The van der Waals surface area contributed by atoms with E-state index in [0.717, 1.165) is 18.2 Å². The van der Waals surface area contributed by atoms with Gasteiger partial charge in [-0.25, -0.2) is 4.79 Å². The lowest BCUT2D eigenvalue weighted by atomic mass is 10.1. The van der Waals surface area contributed by atoms with Gasteiger partial charge in [-0.1, -0.05) is 0 Å². The molecule has 0 spiro atoms. The Balaban J connectivity index is 2.44. The first-order chi connectivity index (χ1) is 12.7. The molecule has 140 valence electrons. The highest BCUT2D eigenvalue weighted by molar-refractivity contribution is 6.07. The number of Topliss-reactive ketones (excluding diaryl/α,β-unsaturated/α-hetero) is 1. The number of benzene rings is 2. The van der Waals surface area contributed by atoms with Crippen LogP contribution in [0.4, 0.5) is 11.4 Å². The SMILES string of the molecule is CCOc1ccc(C(C)=O)cc1NC(=O)c1cc(C(=O)O)cc([N+](=O)[O-])c1. The van der Waals surface area contributed by atoms with E-state index in [1.165, 1.54) is 19.1 Å². The second-order valence-corrected chi connectivity index (χ2v) is 5.49. The summed E-state index contributed by atoms with van der Waals surface area (Å²) < 4.78 is 5.40. The molecule has 0 aliphatic heterocycles. The molecule has 2 N–H and O–H groups in total. The number of hydrogen-bond donors (Lipinski definition) is 2. The molecule has 2 aromatic carbocycles. The minimum atomic E-state index is -1.40. The number of aromatic carboxylic acids is 1. The summed E-state index contributed by atoms with van der Waals surface area (Å²) in [5.41, 5.74) is -0.603. The molecule has 0 heterocycles. The molecular formula is C18H16N2O7. The summed E-state index contributed by atoms with van der Waals surface area (Å²) in [6.45, 7) is 3.41. The standard InChI is InChI=1S/C18H16N2O7/c1-3-27-16-5-4-11(10(2)21)9-15(16)19-17(22)12-6-13(18(23)24)8-14(7-12)20(25)26/h4-9H,3H2,1-2H3,(H,19,22)(H,23,24). The zero-order valence-electron chi connectivity index (χ0n) is 14.5. The monoisotopic (exact) mass is 372 g/mol. The average Bonchev–Trinajstić information content (AvgIpc) is 2.62. The number of carbonyl (C=O) groups is 3. The fourth-order valence-electron chi connectivity index (χ4n) is 2.29. The van der Waals surface area contributed by atoms with E-state index in [4.69, 9.17) is 9.84 Å². The number of carboxylic acid groups (broad SMARTS) is 1. The van der Waals surface area contributed by atoms with Gasteiger partial charge in [-0.3, -0.25) is 19.7 Å². The lowest BCUT2D eigenvalue weighted by molar-refractivity contribution is -0.384. The predicted molar refractivity (Wildman–Crippen MR) is 95.6 cm³/mol. The van der Waals surface area contributed by atoms with Crippen LogP contribution in [0.1, 0.15) is 44.9 Å². The molecule has 9 heteroatoms. The van der Waals surface area contributed by atoms with E-state index in [1.807, 2.05) is 0 Å². The van der Waals surface area contributed by atoms with Crippen LogP contribution >= 0.6 is 0 Å². The van der Waals surface area contributed by atoms with Crippen molar-refractivity contribution in [2.75, 3.05) is 11.9 Å². The van der Waals surface area contributed by atoms with E-state index in [1.54, 1.807) is 13.0 Å². The van der Waals surface area contributed by atoms with Gasteiger partial charge >= 0.3 is 5.97 Å². The van der Waals surface area contributed by atoms with Crippen LogP contribution in [-0.2, 0) is 0 Å². The summed E-state index contributed by atoms with van der Waals surface area (Å²) in [5.74, 6) is -2.10. The van der Waals surface area contributed by atoms with Crippen LogP contribution in [0.25, 0.3) is 0 Å². The van der Waals surface area contributed by atoms with Crippen molar-refractivity contribution in [3.05, 3.63) is 63.2 Å². The van der Waals surface area contributed by atoms with Crippen LogP contribution in [0.3, 0.4) is 0 Å². The van der Waals surface area contributed by atoms with E-state index in [0.29, 0.717) is 17.9 Å². The first-order valence-corrected chi connectivity index (χ1v) is 7.84. The molecule has 0 fully saturated rings. The number of carboxylic acids is 1. The Labute approximate surface area is 153 Å². The molecule has 0 unspecified atom stereocenters. The Kier molecular flexibility index (Phi) is 5.86. The maximum absolute atomic E-state index is 12.5. The zero-order valence-corrected chi connectivity index (χ0v) is 14.5. The number of nitro groups is 1. The molecule has 0 radical (unpaired) electrons. The summed E-state index contributed by atoms with van der Waals surface area (Å²) in [4.78, 5) is 45.5. The molecule has 0 saturated heterocycles. The van der Waals surface area contributed by atoms with E-state index in [9.17, 15) is 24.5 Å². The minimum absolute atomic E-state index is 0.193. The Morgan fingerprint density at radius 3 is 2.33 bits per heavy atom. The molecule has 0 atom stereocenters. The van der Waals surface area contributed by atoms with E-state index >= 15 is 0 Å². The maximum atomic E-state index is 12.5. The number of ketones is 1. The molecule has 0 saturated carbocycles. The van der Waals surface area contributed by atoms with Gasteiger partial charge in [-0.05, 0) is 38.1 Å². The molecule has 0 bridgehead atoms. The number of hydrogen-bond acceptors (Lipinski definition) is 6. The van der Waals surface area contributed by atoms with Crippen molar-refractivity contribution >= 4 is 29.0 Å². The number of carbonyl (C=O) groups excluding carboxylic acids is 2. The largest absolute Gasteiger partial charge is 0.492 e. The van der Waals surface area contributed by atoms with Gasteiger partial charge in [0.1, 0.15) is 5.75 Å². The van der Waals surface area contributed by atoms with E-state index in [2.05, 4.69) is 5.32 Å². The van der Waals surface area contributed by atoms with E-state index in [-0.39, 0.29) is 17.0 Å². The van der Waals surface area contributed by atoms with Gasteiger partial charge in [0.25, 0.3) is 11.6 Å². The van der Waals surface area contributed by atoms with Gasteiger partial charge in [-0.15, -0.1) is 0 Å². The van der Waals surface area contributed by atoms with Crippen molar-refractivity contribution in [1.82, 2.24) is 0 Å². The third-order valence-corrected chi connectivity index (χ3v) is 3.57. The summed E-state index contributed by atoms with van der Waals surface area (Å²) in [5, 5.41) is 22.6. The molecule has 27 heavy (non-hydrogen) atoms. The summed E-state index contributed by atoms with van der Waals surface area (Å²) in [6.07, 6.45) is 0. The zero-order chi connectivity index (χ0) is 20.1. The molecule has 9 nitrogen and oxygen atoms in total. The van der Waals surface area contributed by atoms with Crippen LogP contribution in [0.5, 0.6) is 5.75 Å². The van der Waals surface area contributed by atoms with Gasteiger partial charge < -0.3 is 15.2 Å². The summed E-state index contributed by atoms with van der Waals surface area (Å²) in [7, 11) is 0. The van der Waals surface area contributed by atoms with Crippen LogP contribution < -0.4 is 10.1 Å². The lowest BCUT2D eigenvalue weighted by Crippen LogP contribution is -2.15. The maximum Gasteiger partial charge on any atom is 0.335 e. The fraction of sp³-hybridized carbons (Fsp3) is 0.167. The van der Waals surface area contributed by atoms with Crippen molar-refractivity contribution in [2.24, 2.45) is 0 Å². The van der Waals surface area contributed by atoms with Crippen molar-refractivity contribution in [2.45, 2.75) is 13.8 Å². The number of non-ortho nitro benzene ring substituents is 1. The third-order valence-electron chi connectivity index (χ3n) is 3.57. The first kappa shape index (κ1) is 19.6.